The molecule has 0 rings (SSSR count). The zero-order chi connectivity index (χ0) is 41.0. The summed E-state index contributed by atoms with van der Waals surface area (Å²) in [5, 5.41) is 43.7. The van der Waals surface area contributed by atoms with E-state index in [4.69, 9.17) is 0 Å². The molecule has 0 bridgehead atoms. The monoisotopic (exact) mass is 788 g/mol. The summed E-state index contributed by atoms with van der Waals surface area (Å²) in [6.07, 6.45) is 54.4. The Bertz CT molecular complexity index is 930. The molecule has 0 saturated heterocycles. The fourth-order valence-corrected chi connectivity index (χ4v) is 7.16. The van der Waals surface area contributed by atoms with Gasteiger partial charge in [0.15, 0.2) is 0 Å². The Hall–Kier alpha value is -1.73. The van der Waals surface area contributed by atoms with Gasteiger partial charge in [0.1, 0.15) is 12.2 Å². The fraction of sp³-hybridized carbons (Fsp3) is 0.820. The minimum Gasteiger partial charge on any atom is -0.394 e. The molecular weight excluding hydrogens is 695 g/mol. The molecule has 0 spiro atoms. The van der Waals surface area contributed by atoms with Gasteiger partial charge in [-0.1, -0.05) is 197 Å². The van der Waals surface area contributed by atoms with Gasteiger partial charge in [-0.25, -0.2) is 0 Å². The Labute approximate surface area is 347 Å². The summed E-state index contributed by atoms with van der Waals surface area (Å²) in [5.74, 6) is -0.607. The standard InChI is InChI=1S/C50H93NO5/c1-3-5-7-9-11-13-15-17-19-21-22-23-24-25-26-27-28-30-31-33-35-37-39-41-43-47(53)49(55)46(45-52)51-50(56)48(54)44-42-40-38-36-34-32-29-20-18-16-14-12-10-8-6-4-2/h12,14,18,20,28,30,35,37,46-49,52-55H,3-11,13,15-17,19,21-27,29,31-34,36,38-45H2,1-2H3,(H,51,56)/b14-12-,20-18-,30-28+,37-35+. The number of allylic oxidation sites excluding steroid dienone is 8. The zero-order valence-corrected chi connectivity index (χ0v) is 36.9. The molecule has 0 heterocycles. The van der Waals surface area contributed by atoms with Crippen LogP contribution in [0.1, 0.15) is 232 Å². The van der Waals surface area contributed by atoms with Gasteiger partial charge in [-0.3, -0.25) is 4.79 Å². The highest BCUT2D eigenvalue weighted by Gasteiger charge is 2.28. The van der Waals surface area contributed by atoms with Crippen molar-refractivity contribution in [1.82, 2.24) is 5.32 Å². The number of nitrogens with one attached hydrogen (secondary N) is 1. The van der Waals surface area contributed by atoms with Crippen molar-refractivity contribution in [2.45, 2.75) is 257 Å². The van der Waals surface area contributed by atoms with Gasteiger partial charge in [0.2, 0.25) is 5.91 Å². The second kappa shape index (κ2) is 44.4. The molecule has 0 aromatic heterocycles. The number of amides is 1. The molecule has 0 aromatic carbocycles. The van der Waals surface area contributed by atoms with Gasteiger partial charge in [0.05, 0.1) is 18.8 Å². The van der Waals surface area contributed by atoms with Crippen LogP contribution in [-0.4, -0.2) is 57.3 Å². The molecule has 0 aliphatic carbocycles. The summed E-state index contributed by atoms with van der Waals surface area (Å²) >= 11 is 0. The third kappa shape index (κ3) is 37.8. The second-order valence-corrected chi connectivity index (χ2v) is 16.4. The van der Waals surface area contributed by atoms with Crippen molar-refractivity contribution in [1.29, 1.82) is 0 Å². The highest BCUT2D eigenvalue weighted by atomic mass is 16.3. The number of aliphatic hydroxyl groups is 4. The van der Waals surface area contributed by atoms with Crippen LogP contribution in [0.25, 0.3) is 0 Å². The van der Waals surface area contributed by atoms with E-state index in [1.54, 1.807) is 0 Å². The maximum atomic E-state index is 12.5. The molecule has 56 heavy (non-hydrogen) atoms. The Morgan fingerprint density at radius 1 is 0.446 bits per heavy atom. The molecule has 0 aliphatic heterocycles. The fourth-order valence-electron chi connectivity index (χ4n) is 7.16. The molecule has 6 nitrogen and oxygen atoms in total. The van der Waals surface area contributed by atoms with E-state index in [0.29, 0.717) is 19.3 Å². The Balaban J connectivity index is 3.78. The molecule has 328 valence electrons. The van der Waals surface area contributed by atoms with Crippen LogP contribution < -0.4 is 5.32 Å². The lowest BCUT2D eigenvalue weighted by molar-refractivity contribution is -0.132. The predicted molar refractivity (Wildman–Crippen MR) is 242 cm³/mol. The Kier molecular flexibility index (Phi) is 43.0. The molecule has 5 N–H and O–H groups in total. The van der Waals surface area contributed by atoms with Gasteiger partial charge < -0.3 is 25.7 Å². The summed E-state index contributed by atoms with van der Waals surface area (Å²) in [4.78, 5) is 12.5. The summed E-state index contributed by atoms with van der Waals surface area (Å²) in [6, 6.07) is -1.01. The van der Waals surface area contributed by atoms with Crippen LogP contribution in [0.2, 0.25) is 0 Å². The highest BCUT2D eigenvalue weighted by molar-refractivity contribution is 5.80. The first-order valence-corrected chi connectivity index (χ1v) is 24.0. The van der Waals surface area contributed by atoms with Crippen LogP contribution in [0, 0.1) is 0 Å². The van der Waals surface area contributed by atoms with Gasteiger partial charge >= 0.3 is 0 Å². The van der Waals surface area contributed by atoms with Crippen LogP contribution in [0.3, 0.4) is 0 Å². The Morgan fingerprint density at radius 2 is 0.804 bits per heavy atom. The molecule has 0 aliphatic rings. The molecule has 0 fully saturated rings. The smallest absolute Gasteiger partial charge is 0.249 e. The van der Waals surface area contributed by atoms with Crippen molar-refractivity contribution < 1.29 is 25.2 Å². The van der Waals surface area contributed by atoms with Gasteiger partial charge in [-0.2, -0.15) is 0 Å². The SMILES string of the molecule is CCCCC/C=C\C/C=C\CCCCCCCCC(O)C(=O)NC(CO)C(O)C(O)CCC/C=C/CC/C=C/CCCCCCCCCCCCCCCCC. The van der Waals surface area contributed by atoms with Gasteiger partial charge in [-0.05, 0) is 83.5 Å². The highest BCUT2D eigenvalue weighted by Crippen LogP contribution is 2.15. The maximum absolute atomic E-state index is 12.5. The van der Waals surface area contributed by atoms with E-state index < -0.39 is 36.9 Å². The lowest BCUT2D eigenvalue weighted by Crippen LogP contribution is -2.53. The van der Waals surface area contributed by atoms with Crippen LogP contribution in [-0.2, 0) is 4.79 Å². The average molecular weight is 788 g/mol. The van der Waals surface area contributed by atoms with E-state index in [0.717, 1.165) is 57.8 Å². The molecule has 1 amide bonds. The number of unbranched alkanes of at least 4 members (excludes halogenated alkanes) is 26. The van der Waals surface area contributed by atoms with Gasteiger partial charge in [0, 0.05) is 0 Å². The van der Waals surface area contributed by atoms with E-state index in [1.807, 2.05) is 0 Å². The summed E-state index contributed by atoms with van der Waals surface area (Å²) in [6.45, 7) is 4.01. The first-order valence-electron chi connectivity index (χ1n) is 24.0. The molecular formula is C50H93NO5. The van der Waals surface area contributed by atoms with E-state index in [-0.39, 0.29) is 0 Å². The second-order valence-electron chi connectivity index (χ2n) is 16.4. The first-order chi connectivity index (χ1) is 27.5. The summed E-state index contributed by atoms with van der Waals surface area (Å²) in [7, 11) is 0. The first kappa shape index (κ1) is 54.3. The van der Waals surface area contributed by atoms with Crippen molar-refractivity contribution in [3.63, 3.8) is 0 Å². The van der Waals surface area contributed by atoms with Crippen molar-refractivity contribution in [3.8, 4) is 0 Å². The quantitative estimate of drug-likeness (QED) is 0.0312. The number of rotatable bonds is 43. The minimum absolute atomic E-state index is 0.346. The molecule has 4 unspecified atom stereocenters. The van der Waals surface area contributed by atoms with Crippen molar-refractivity contribution in [2.75, 3.05) is 6.61 Å². The Morgan fingerprint density at radius 3 is 1.27 bits per heavy atom. The number of aliphatic hydroxyl groups excluding tert-OH is 4. The van der Waals surface area contributed by atoms with Crippen molar-refractivity contribution in [2.24, 2.45) is 0 Å². The van der Waals surface area contributed by atoms with E-state index in [1.165, 1.54) is 141 Å². The molecule has 0 saturated carbocycles. The maximum Gasteiger partial charge on any atom is 0.249 e. The van der Waals surface area contributed by atoms with E-state index in [9.17, 15) is 25.2 Å². The normalized spacial score (nSPS) is 14.5. The average Bonchev–Trinajstić information content (AvgIpc) is 3.20. The lowest BCUT2D eigenvalue weighted by Gasteiger charge is -2.27. The number of carbonyl (C=O) groups is 1. The molecule has 4 atom stereocenters. The van der Waals surface area contributed by atoms with Crippen LogP contribution in [0.4, 0.5) is 0 Å². The third-order valence-electron chi connectivity index (χ3n) is 11.0. The number of hydrogen-bond acceptors (Lipinski definition) is 5. The molecule has 6 heteroatoms. The third-order valence-corrected chi connectivity index (χ3v) is 11.0. The number of hydrogen-bond donors (Lipinski definition) is 5. The summed E-state index contributed by atoms with van der Waals surface area (Å²) in [5.41, 5.74) is 0. The lowest BCUT2D eigenvalue weighted by atomic mass is 10.00. The van der Waals surface area contributed by atoms with Crippen LogP contribution in [0.5, 0.6) is 0 Å². The van der Waals surface area contributed by atoms with E-state index >= 15 is 0 Å². The van der Waals surface area contributed by atoms with Crippen molar-refractivity contribution in [3.05, 3.63) is 48.6 Å². The molecule has 0 aromatic rings. The summed E-state index contributed by atoms with van der Waals surface area (Å²) < 4.78 is 0. The largest absolute Gasteiger partial charge is 0.394 e. The minimum atomic E-state index is -1.29. The van der Waals surface area contributed by atoms with Crippen molar-refractivity contribution >= 4 is 5.91 Å². The van der Waals surface area contributed by atoms with Crippen LogP contribution in [0.15, 0.2) is 48.6 Å². The van der Waals surface area contributed by atoms with Gasteiger partial charge in [-0.15, -0.1) is 0 Å². The van der Waals surface area contributed by atoms with E-state index in [2.05, 4.69) is 67.8 Å². The number of carbonyl (C=O) groups excluding carboxylic acids is 1. The zero-order valence-electron chi connectivity index (χ0n) is 36.9. The molecule has 0 radical (unpaired) electrons. The predicted octanol–water partition coefficient (Wildman–Crippen LogP) is 13.1. The van der Waals surface area contributed by atoms with Gasteiger partial charge in [0.25, 0.3) is 0 Å². The van der Waals surface area contributed by atoms with Crippen LogP contribution >= 0.6 is 0 Å². The topological polar surface area (TPSA) is 110 Å².